The first-order valence-electron chi connectivity index (χ1n) is 7.19. The van der Waals surface area contributed by atoms with Gasteiger partial charge in [-0.05, 0) is 31.5 Å². The zero-order valence-corrected chi connectivity index (χ0v) is 13.4. The van der Waals surface area contributed by atoms with Crippen LogP contribution in [0.25, 0.3) is 0 Å². The third kappa shape index (κ3) is 4.39. The van der Waals surface area contributed by atoms with Crippen molar-refractivity contribution in [2.24, 2.45) is 0 Å². The van der Waals surface area contributed by atoms with Gasteiger partial charge >= 0.3 is 5.97 Å². The minimum atomic E-state index is -1.35. The van der Waals surface area contributed by atoms with Gasteiger partial charge in [0, 0.05) is 6.07 Å². The van der Waals surface area contributed by atoms with Crippen molar-refractivity contribution in [1.82, 2.24) is 0 Å². The summed E-state index contributed by atoms with van der Waals surface area (Å²) in [5, 5.41) is 9.14. The first-order chi connectivity index (χ1) is 10.9. The van der Waals surface area contributed by atoms with Crippen molar-refractivity contribution in [3.8, 4) is 17.2 Å². The molecule has 0 saturated heterocycles. The van der Waals surface area contributed by atoms with Crippen LogP contribution < -0.4 is 14.2 Å². The molecule has 1 N–H and O–H groups in total. The Morgan fingerprint density at radius 1 is 1.09 bits per heavy atom. The van der Waals surface area contributed by atoms with Gasteiger partial charge in [0.05, 0.1) is 7.11 Å². The lowest BCUT2D eigenvalue weighted by atomic mass is 10.1. The highest BCUT2D eigenvalue weighted by atomic mass is 16.5. The van der Waals surface area contributed by atoms with Gasteiger partial charge in [-0.15, -0.1) is 0 Å². The normalized spacial score (nSPS) is 10.9. The molecule has 5 nitrogen and oxygen atoms in total. The Morgan fingerprint density at radius 2 is 1.78 bits per heavy atom. The topological polar surface area (TPSA) is 65.0 Å². The van der Waals surface area contributed by atoms with Gasteiger partial charge in [-0.1, -0.05) is 30.3 Å². The third-order valence-electron chi connectivity index (χ3n) is 3.26. The highest BCUT2D eigenvalue weighted by Crippen LogP contribution is 2.34. The molecule has 0 aliphatic rings. The van der Waals surface area contributed by atoms with Crippen LogP contribution in [0.3, 0.4) is 0 Å². The van der Waals surface area contributed by atoms with Crippen LogP contribution in [0.2, 0.25) is 0 Å². The van der Waals surface area contributed by atoms with Crippen LogP contribution in [0.4, 0.5) is 0 Å². The summed E-state index contributed by atoms with van der Waals surface area (Å²) in [4.78, 5) is 11.2. The molecule has 0 amide bonds. The highest BCUT2D eigenvalue weighted by Gasteiger charge is 2.30. The van der Waals surface area contributed by atoms with Gasteiger partial charge in [-0.3, -0.25) is 0 Å². The Morgan fingerprint density at radius 3 is 2.39 bits per heavy atom. The van der Waals surface area contributed by atoms with Crippen molar-refractivity contribution in [3.05, 3.63) is 54.1 Å². The molecule has 0 unspecified atom stereocenters. The number of carboxylic acids is 1. The first-order valence-corrected chi connectivity index (χ1v) is 7.19. The fourth-order valence-electron chi connectivity index (χ4n) is 1.88. The molecular weight excluding hydrogens is 296 g/mol. The van der Waals surface area contributed by atoms with Crippen LogP contribution in [0.5, 0.6) is 17.2 Å². The van der Waals surface area contributed by atoms with Crippen LogP contribution >= 0.6 is 0 Å². The van der Waals surface area contributed by atoms with Gasteiger partial charge in [0.15, 0.2) is 17.1 Å². The molecule has 0 spiro atoms. The third-order valence-corrected chi connectivity index (χ3v) is 3.26. The molecule has 2 aromatic rings. The predicted molar refractivity (Wildman–Crippen MR) is 86.1 cm³/mol. The maximum absolute atomic E-state index is 11.2. The lowest BCUT2D eigenvalue weighted by Crippen LogP contribution is -2.37. The zero-order valence-electron chi connectivity index (χ0n) is 13.4. The molecule has 5 heteroatoms. The van der Waals surface area contributed by atoms with Crippen molar-refractivity contribution in [2.75, 3.05) is 7.11 Å². The smallest absolute Gasteiger partial charge is 0.347 e. The highest BCUT2D eigenvalue weighted by molar-refractivity contribution is 5.77. The first kappa shape index (κ1) is 16.7. The van der Waals surface area contributed by atoms with Crippen LogP contribution in [0.15, 0.2) is 48.5 Å². The molecule has 0 aromatic heterocycles. The number of aliphatic carboxylic acids is 1. The van der Waals surface area contributed by atoms with E-state index < -0.39 is 11.6 Å². The number of hydrogen-bond donors (Lipinski definition) is 1. The fraction of sp³-hybridized carbons (Fsp3) is 0.278. The van der Waals surface area contributed by atoms with Crippen LogP contribution in [-0.4, -0.2) is 23.8 Å². The maximum Gasteiger partial charge on any atom is 0.347 e. The molecule has 0 fully saturated rings. The number of carbonyl (C=O) groups is 1. The Bertz CT molecular complexity index is 664. The number of hydrogen-bond acceptors (Lipinski definition) is 4. The van der Waals surface area contributed by atoms with Crippen molar-refractivity contribution in [2.45, 2.75) is 26.1 Å². The van der Waals surface area contributed by atoms with Crippen molar-refractivity contribution in [1.29, 1.82) is 0 Å². The van der Waals surface area contributed by atoms with E-state index in [0.717, 1.165) is 5.56 Å². The number of carboxylic acid groups (broad SMARTS) is 1. The van der Waals surface area contributed by atoms with Crippen LogP contribution in [-0.2, 0) is 11.4 Å². The van der Waals surface area contributed by atoms with E-state index in [0.29, 0.717) is 23.9 Å². The molecule has 122 valence electrons. The molecule has 2 rings (SSSR count). The quantitative estimate of drug-likeness (QED) is 0.846. The van der Waals surface area contributed by atoms with E-state index in [-0.39, 0.29) is 0 Å². The lowest BCUT2D eigenvalue weighted by molar-refractivity contribution is -0.152. The summed E-state index contributed by atoms with van der Waals surface area (Å²) in [6.45, 7) is 3.40. The molecule has 0 bridgehead atoms. The van der Waals surface area contributed by atoms with E-state index in [9.17, 15) is 4.79 Å². The Kier molecular flexibility index (Phi) is 5.11. The van der Waals surface area contributed by atoms with Gasteiger partial charge in [0.1, 0.15) is 12.4 Å². The van der Waals surface area contributed by atoms with E-state index >= 15 is 0 Å². The van der Waals surface area contributed by atoms with Gasteiger partial charge in [-0.2, -0.15) is 0 Å². The van der Waals surface area contributed by atoms with Crippen LogP contribution in [0, 0.1) is 0 Å². The minimum Gasteiger partial charge on any atom is -0.493 e. The summed E-state index contributed by atoms with van der Waals surface area (Å²) in [6.07, 6.45) is 0. The molecule has 2 aromatic carbocycles. The van der Waals surface area contributed by atoms with Crippen molar-refractivity contribution < 1.29 is 24.1 Å². The van der Waals surface area contributed by atoms with Crippen molar-refractivity contribution >= 4 is 5.97 Å². The molecule has 0 atom stereocenters. The maximum atomic E-state index is 11.2. The van der Waals surface area contributed by atoms with E-state index in [1.54, 1.807) is 18.2 Å². The monoisotopic (exact) mass is 316 g/mol. The van der Waals surface area contributed by atoms with Gasteiger partial charge in [-0.25, -0.2) is 4.79 Å². The predicted octanol–water partition coefficient (Wildman–Crippen LogP) is 3.52. The second-order valence-electron chi connectivity index (χ2n) is 5.50. The number of methoxy groups -OCH3 is 1. The number of rotatable bonds is 7. The summed E-state index contributed by atoms with van der Waals surface area (Å²) in [5.74, 6) is 0.340. The second-order valence-corrected chi connectivity index (χ2v) is 5.50. The van der Waals surface area contributed by atoms with Crippen LogP contribution in [0.1, 0.15) is 19.4 Å². The molecule has 0 aliphatic heterocycles. The molecular formula is C18H20O5. The summed E-state index contributed by atoms with van der Waals surface area (Å²) < 4.78 is 16.5. The molecule has 0 radical (unpaired) electrons. The SMILES string of the molecule is COc1cc(OCc2ccccc2)ccc1OC(C)(C)C(=O)O. The van der Waals surface area contributed by atoms with Gasteiger partial charge in [0.2, 0.25) is 0 Å². The van der Waals surface area contributed by atoms with Gasteiger partial charge in [0.25, 0.3) is 0 Å². The van der Waals surface area contributed by atoms with E-state index in [2.05, 4.69) is 0 Å². The number of benzene rings is 2. The fourth-order valence-corrected chi connectivity index (χ4v) is 1.88. The summed E-state index contributed by atoms with van der Waals surface area (Å²) >= 11 is 0. The number of ether oxygens (including phenoxy) is 3. The Hall–Kier alpha value is -2.69. The summed E-state index contributed by atoms with van der Waals surface area (Å²) in [6, 6.07) is 14.8. The minimum absolute atomic E-state index is 0.354. The van der Waals surface area contributed by atoms with E-state index in [1.165, 1.54) is 21.0 Å². The lowest BCUT2D eigenvalue weighted by Gasteiger charge is -2.23. The molecule has 0 aliphatic carbocycles. The second kappa shape index (κ2) is 7.05. The Balaban J connectivity index is 2.11. The summed E-state index contributed by atoms with van der Waals surface area (Å²) in [7, 11) is 1.50. The van der Waals surface area contributed by atoms with E-state index in [4.69, 9.17) is 19.3 Å². The molecule has 23 heavy (non-hydrogen) atoms. The molecule has 0 saturated carbocycles. The van der Waals surface area contributed by atoms with Gasteiger partial charge < -0.3 is 19.3 Å². The average molecular weight is 316 g/mol. The average Bonchev–Trinajstić information content (AvgIpc) is 2.54. The largest absolute Gasteiger partial charge is 0.493 e. The standard InChI is InChI=1S/C18H20O5/c1-18(2,17(19)20)23-15-10-9-14(11-16(15)21-3)22-12-13-7-5-4-6-8-13/h4-11H,12H2,1-3H3,(H,19,20). The summed E-state index contributed by atoms with van der Waals surface area (Å²) in [5.41, 5.74) is -0.293. The van der Waals surface area contributed by atoms with E-state index in [1.807, 2.05) is 30.3 Å². The Labute approximate surface area is 135 Å². The zero-order chi connectivity index (χ0) is 16.9. The molecule has 0 heterocycles. The van der Waals surface area contributed by atoms with Crippen molar-refractivity contribution in [3.63, 3.8) is 0 Å².